The van der Waals surface area contributed by atoms with Crippen LogP contribution in [0.4, 0.5) is 0 Å². The van der Waals surface area contributed by atoms with E-state index in [1.807, 2.05) is 30.3 Å². The van der Waals surface area contributed by atoms with Crippen molar-refractivity contribution in [3.8, 4) is 0 Å². The van der Waals surface area contributed by atoms with Crippen molar-refractivity contribution in [3.63, 3.8) is 0 Å². The third kappa shape index (κ3) is 3.03. The number of hydrogen-bond donors (Lipinski definition) is 1. The van der Waals surface area contributed by atoms with Crippen molar-refractivity contribution in [2.45, 2.75) is 26.4 Å². The van der Waals surface area contributed by atoms with Gasteiger partial charge in [0.25, 0.3) is 5.56 Å². The van der Waals surface area contributed by atoms with E-state index in [1.165, 1.54) is 0 Å². The van der Waals surface area contributed by atoms with Gasteiger partial charge < -0.3 is 15.0 Å². The van der Waals surface area contributed by atoms with Crippen LogP contribution in [0.5, 0.6) is 0 Å². The molecule has 1 aromatic heterocycles. The second-order valence-corrected chi connectivity index (χ2v) is 4.50. The van der Waals surface area contributed by atoms with Crippen molar-refractivity contribution in [2.24, 2.45) is 5.73 Å². The van der Waals surface area contributed by atoms with Crippen molar-refractivity contribution in [1.82, 2.24) is 4.57 Å². The Balaban J connectivity index is 2.38. The molecule has 0 atom stereocenters. The minimum Gasteiger partial charge on any atom is -0.380 e. The highest BCUT2D eigenvalue weighted by Gasteiger charge is 2.07. The molecule has 2 rings (SSSR count). The molecule has 1 heterocycles. The smallest absolute Gasteiger partial charge is 0.255 e. The normalized spacial score (nSPS) is 11.1. The number of rotatable bonds is 6. The Labute approximate surface area is 112 Å². The third-order valence-electron chi connectivity index (χ3n) is 3.10. The van der Waals surface area contributed by atoms with Gasteiger partial charge in [0.15, 0.2) is 0 Å². The zero-order valence-electron chi connectivity index (χ0n) is 11.3. The summed E-state index contributed by atoms with van der Waals surface area (Å²) in [6.45, 7) is 4.16. The van der Waals surface area contributed by atoms with Crippen molar-refractivity contribution < 1.29 is 4.74 Å². The molecule has 0 amide bonds. The number of aromatic nitrogens is 1. The first kappa shape index (κ1) is 13.8. The molecule has 0 radical (unpaired) electrons. The Hall–Kier alpha value is -1.65. The first-order chi connectivity index (χ1) is 9.27. The number of para-hydroxylation sites is 1. The third-order valence-corrected chi connectivity index (χ3v) is 3.10. The summed E-state index contributed by atoms with van der Waals surface area (Å²) >= 11 is 0. The molecule has 0 aliphatic rings. The molecule has 0 aliphatic heterocycles. The molecule has 4 nitrogen and oxygen atoms in total. The van der Waals surface area contributed by atoms with Gasteiger partial charge in [0.2, 0.25) is 0 Å². The van der Waals surface area contributed by atoms with E-state index in [-0.39, 0.29) is 12.1 Å². The Morgan fingerprint density at radius 1 is 1.26 bits per heavy atom. The highest BCUT2D eigenvalue weighted by Crippen LogP contribution is 2.13. The summed E-state index contributed by atoms with van der Waals surface area (Å²) in [5, 5.41) is 1.04. The first-order valence-electron chi connectivity index (χ1n) is 6.67. The van der Waals surface area contributed by atoms with Crippen molar-refractivity contribution >= 4 is 10.9 Å². The van der Waals surface area contributed by atoms with Crippen LogP contribution >= 0.6 is 0 Å². The fourth-order valence-corrected chi connectivity index (χ4v) is 2.16. The number of pyridine rings is 1. The molecule has 0 bridgehead atoms. The van der Waals surface area contributed by atoms with E-state index >= 15 is 0 Å². The maximum atomic E-state index is 12.3. The molecule has 102 valence electrons. The molecule has 0 aliphatic carbocycles. The summed E-state index contributed by atoms with van der Waals surface area (Å²) in [6.07, 6.45) is 0.985. The van der Waals surface area contributed by atoms with Crippen molar-refractivity contribution in [2.75, 3.05) is 13.2 Å². The SMILES string of the molecule is CCCOCCn1c(=O)c(CN)cc2ccccc21. The number of fused-ring (bicyclic) bond motifs is 1. The average Bonchev–Trinajstić information content (AvgIpc) is 2.45. The molecule has 2 N–H and O–H groups in total. The van der Waals surface area contributed by atoms with Crippen LogP contribution in [0.2, 0.25) is 0 Å². The second kappa shape index (κ2) is 6.50. The maximum Gasteiger partial charge on any atom is 0.255 e. The molecule has 0 saturated carbocycles. The molecule has 4 heteroatoms. The summed E-state index contributed by atoms with van der Waals surface area (Å²) in [4.78, 5) is 12.3. The number of benzene rings is 1. The topological polar surface area (TPSA) is 57.2 Å². The van der Waals surface area contributed by atoms with Crippen LogP contribution in [0.1, 0.15) is 18.9 Å². The van der Waals surface area contributed by atoms with Gasteiger partial charge in [-0.15, -0.1) is 0 Å². The maximum absolute atomic E-state index is 12.3. The molecule has 0 saturated heterocycles. The fraction of sp³-hybridized carbons (Fsp3) is 0.400. The molecular formula is C15H20N2O2. The van der Waals surface area contributed by atoms with E-state index in [0.29, 0.717) is 18.7 Å². The van der Waals surface area contributed by atoms with Crippen LogP contribution < -0.4 is 11.3 Å². The zero-order valence-corrected chi connectivity index (χ0v) is 11.3. The molecule has 2 aromatic rings. The van der Waals surface area contributed by atoms with Gasteiger partial charge in [0.05, 0.1) is 12.1 Å². The largest absolute Gasteiger partial charge is 0.380 e. The lowest BCUT2D eigenvalue weighted by atomic mass is 10.1. The van der Waals surface area contributed by atoms with Gasteiger partial charge in [-0.1, -0.05) is 25.1 Å². The van der Waals surface area contributed by atoms with Crippen LogP contribution in [0.15, 0.2) is 35.1 Å². The molecule has 0 unspecified atom stereocenters. The van der Waals surface area contributed by atoms with E-state index in [2.05, 4.69) is 6.92 Å². The van der Waals surface area contributed by atoms with Crippen molar-refractivity contribution in [1.29, 1.82) is 0 Å². The lowest BCUT2D eigenvalue weighted by Gasteiger charge is -2.12. The van der Waals surface area contributed by atoms with Gasteiger partial charge in [0.1, 0.15) is 0 Å². The lowest BCUT2D eigenvalue weighted by Crippen LogP contribution is -2.27. The van der Waals surface area contributed by atoms with Crippen LogP contribution in [0.3, 0.4) is 0 Å². The Bertz CT molecular complexity index is 605. The van der Waals surface area contributed by atoms with Gasteiger partial charge in [0, 0.05) is 25.3 Å². The first-order valence-corrected chi connectivity index (χ1v) is 6.67. The highest BCUT2D eigenvalue weighted by atomic mass is 16.5. The van der Waals surface area contributed by atoms with E-state index < -0.39 is 0 Å². The molecular weight excluding hydrogens is 240 g/mol. The quantitative estimate of drug-likeness (QED) is 0.807. The summed E-state index contributed by atoms with van der Waals surface area (Å²) in [6, 6.07) is 9.73. The predicted octanol–water partition coefficient (Wildman–Crippen LogP) is 1.89. The number of nitrogens with zero attached hydrogens (tertiary/aromatic N) is 1. The van der Waals surface area contributed by atoms with Crippen LogP contribution in [0, 0.1) is 0 Å². The van der Waals surface area contributed by atoms with Crippen LogP contribution in [-0.4, -0.2) is 17.8 Å². The molecule has 19 heavy (non-hydrogen) atoms. The number of ether oxygens (including phenoxy) is 1. The lowest BCUT2D eigenvalue weighted by molar-refractivity contribution is 0.127. The van der Waals surface area contributed by atoms with Gasteiger partial charge >= 0.3 is 0 Å². The summed E-state index contributed by atoms with van der Waals surface area (Å²) < 4.78 is 7.23. The van der Waals surface area contributed by atoms with Crippen molar-refractivity contribution in [3.05, 3.63) is 46.2 Å². The zero-order chi connectivity index (χ0) is 13.7. The Morgan fingerprint density at radius 2 is 2.05 bits per heavy atom. The van der Waals surface area contributed by atoms with Gasteiger partial charge in [-0.2, -0.15) is 0 Å². The van der Waals surface area contributed by atoms with Gasteiger partial charge in [-0.05, 0) is 23.9 Å². The van der Waals surface area contributed by atoms with E-state index in [4.69, 9.17) is 10.5 Å². The summed E-state index contributed by atoms with van der Waals surface area (Å²) in [5.41, 5.74) is 7.21. The Morgan fingerprint density at radius 3 is 2.79 bits per heavy atom. The molecule has 0 fully saturated rings. The molecule has 0 spiro atoms. The van der Waals surface area contributed by atoms with Crippen LogP contribution in [-0.2, 0) is 17.8 Å². The molecule has 1 aromatic carbocycles. The monoisotopic (exact) mass is 260 g/mol. The van der Waals surface area contributed by atoms with Gasteiger partial charge in [-0.25, -0.2) is 0 Å². The Kier molecular flexibility index (Phi) is 4.71. The number of hydrogen-bond acceptors (Lipinski definition) is 3. The minimum atomic E-state index is -0.0127. The van der Waals surface area contributed by atoms with E-state index in [0.717, 1.165) is 23.9 Å². The van der Waals surface area contributed by atoms with E-state index in [1.54, 1.807) is 4.57 Å². The standard InChI is InChI=1S/C15H20N2O2/c1-2-8-19-9-7-17-14-6-4-3-5-12(14)10-13(11-16)15(17)18/h3-6,10H,2,7-9,11,16H2,1H3. The highest BCUT2D eigenvalue weighted by molar-refractivity contribution is 5.79. The minimum absolute atomic E-state index is 0.0127. The second-order valence-electron chi connectivity index (χ2n) is 4.50. The van der Waals surface area contributed by atoms with E-state index in [9.17, 15) is 4.79 Å². The number of nitrogens with two attached hydrogens (primary N) is 1. The fourth-order valence-electron chi connectivity index (χ4n) is 2.16. The predicted molar refractivity (Wildman–Crippen MR) is 77.2 cm³/mol. The van der Waals surface area contributed by atoms with Crippen LogP contribution in [0.25, 0.3) is 10.9 Å². The average molecular weight is 260 g/mol. The van der Waals surface area contributed by atoms with Gasteiger partial charge in [-0.3, -0.25) is 4.79 Å². The summed E-state index contributed by atoms with van der Waals surface area (Å²) in [5.74, 6) is 0. The summed E-state index contributed by atoms with van der Waals surface area (Å²) in [7, 11) is 0.